The van der Waals surface area contributed by atoms with Gasteiger partial charge in [0, 0.05) is 44.4 Å². The van der Waals surface area contributed by atoms with Gasteiger partial charge in [0.1, 0.15) is 11.6 Å². The molecule has 1 aromatic rings. The molecule has 0 spiro atoms. The molecule has 4 nitrogen and oxygen atoms in total. The van der Waals surface area contributed by atoms with Crippen LogP contribution < -0.4 is 0 Å². The smallest absolute Gasteiger partial charge is 0.137 e. The normalized spacial score (nSPS) is 25.9. The van der Waals surface area contributed by atoms with Crippen LogP contribution in [0.3, 0.4) is 0 Å². The van der Waals surface area contributed by atoms with Crippen LogP contribution >= 0.6 is 0 Å². The quantitative estimate of drug-likeness (QED) is 0.776. The first-order chi connectivity index (χ1) is 8.33. The highest BCUT2D eigenvalue weighted by Crippen LogP contribution is 2.23. The highest BCUT2D eigenvalue weighted by atomic mass is 16.1. The van der Waals surface area contributed by atoms with Crippen LogP contribution in [0, 0.1) is 5.92 Å². The van der Waals surface area contributed by atoms with Crippen molar-refractivity contribution in [2.24, 2.45) is 5.92 Å². The van der Waals surface area contributed by atoms with E-state index in [0.29, 0.717) is 5.78 Å². The molecule has 0 amide bonds. The van der Waals surface area contributed by atoms with Crippen LogP contribution in [0.15, 0.2) is 12.4 Å². The first-order valence-electron chi connectivity index (χ1n) is 6.58. The second-order valence-electron chi connectivity index (χ2n) is 5.18. The first kappa shape index (κ1) is 11.0. The molecule has 17 heavy (non-hydrogen) atoms. The van der Waals surface area contributed by atoms with E-state index in [1.54, 1.807) is 0 Å². The summed E-state index contributed by atoms with van der Waals surface area (Å²) in [6.45, 7) is 3.89. The van der Waals surface area contributed by atoms with E-state index in [9.17, 15) is 4.79 Å². The highest BCUT2D eigenvalue weighted by Gasteiger charge is 2.26. The lowest BCUT2D eigenvalue weighted by Gasteiger charge is -2.31. The van der Waals surface area contributed by atoms with Crippen LogP contribution in [-0.4, -0.2) is 33.3 Å². The maximum atomic E-state index is 11.8. The number of aromatic nitrogens is 2. The minimum Gasteiger partial charge on any atom is -0.333 e. The van der Waals surface area contributed by atoms with Crippen molar-refractivity contribution < 1.29 is 4.79 Å². The molecule has 0 N–H and O–H groups in total. The summed E-state index contributed by atoms with van der Waals surface area (Å²) in [7, 11) is 0. The van der Waals surface area contributed by atoms with Gasteiger partial charge < -0.3 is 4.57 Å². The second kappa shape index (κ2) is 4.61. The number of carbonyl (C=O) groups excluding carboxylic acids is 1. The molecule has 1 aromatic heterocycles. The van der Waals surface area contributed by atoms with Gasteiger partial charge in [-0.15, -0.1) is 0 Å². The van der Waals surface area contributed by atoms with Crippen LogP contribution in [0.2, 0.25) is 0 Å². The monoisotopic (exact) mass is 233 g/mol. The van der Waals surface area contributed by atoms with Crippen molar-refractivity contribution in [3.63, 3.8) is 0 Å². The zero-order valence-corrected chi connectivity index (χ0v) is 10.1. The summed E-state index contributed by atoms with van der Waals surface area (Å²) in [6.07, 6.45) is 8.11. The lowest BCUT2D eigenvalue weighted by atomic mass is 9.87. The number of nitrogens with zero attached hydrogens (tertiary/aromatic N) is 3. The van der Waals surface area contributed by atoms with E-state index in [4.69, 9.17) is 0 Å². The Kier molecular flexibility index (Phi) is 2.97. The Morgan fingerprint density at radius 1 is 1.35 bits per heavy atom. The molecule has 1 saturated carbocycles. The van der Waals surface area contributed by atoms with Gasteiger partial charge in [-0.2, -0.15) is 0 Å². The standard InChI is InChI=1S/C13H19N3O/c17-12-4-2-1-3-11(12)9-15-7-8-16-6-5-14-13(16)10-15/h5-6,11H,1-4,7-10H2. The van der Waals surface area contributed by atoms with E-state index in [2.05, 4.69) is 14.5 Å². The van der Waals surface area contributed by atoms with Gasteiger partial charge in [0.2, 0.25) is 0 Å². The van der Waals surface area contributed by atoms with Crippen LogP contribution in [0.4, 0.5) is 0 Å². The van der Waals surface area contributed by atoms with Gasteiger partial charge in [-0.25, -0.2) is 4.98 Å². The number of hydrogen-bond acceptors (Lipinski definition) is 3. The predicted octanol–water partition coefficient (Wildman–Crippen LogP) is 1.46. The average Bonchev–Trinajstić information content (AvgIpc) is 2.79. The number of carbonyl (C=O) groups is 1. The fourth-order valence-corrected chi connectivity index (χ4v) is 2.94. The fraction of sp³-hybridized carbons (Fsp3) is 0.692. The predicted molar refractivity (Wildman–Crippen MR) is 64.5 cm³/mol. The maximum Gasteiger partial charge on any atom is 0.137 e. The van der Waals surface area contributed by atoms with Crippen LogP contribution in [-0.2, 0) is 17.9 Å². The zero-order valence-electron chi connectivity index (χ0n) is 10.1. The summed E-state index contributed by atoms with van der Waals surface area (Å²) in [5.41, 5.74) is 0. The number of rotatable bonds is 2. The van der Waals surface area contributed by atoms with Crippen molar-refractivity contribution in [1.29, 1.82) is 0 Å². The summed E-state index contributed by atoms with van der Waals surface area (Å²) in [5, 5.41) is 0. The van der Waals surface area contributed by atoms with Gasteiger partial charge in [0.25, 0.3) is 0 Å². The molecule has 92 valence electrons. The molecular weight excluding hydrogens is 214 g/mol. The molecule has 1 fully saturated rings. The minimum atomic E-state index is 0.283. The van der Waals surface area contributed by atoms with Crippen molar-refractivity contribution in [2.45, 2.75) is 38.8 Å². The van der Waals surface area contributed by atoms with E-state index in [-0.39, 0.29) is 5.92 Å². The largest absolute Gasteiger partial charge is 0.333 e. The highest BCUT2D eigenvalue weighted by molar-refractivity contribution is 5.81. The summed E-state index contributed by atoms with van der Waals surface area (Å²) >= 11 is 0. The molecule has 4 heteroatoms. The number of Topliss-reactive ketones (excluding diaryl/α,β-unsaturated/α-hetero) is 1. The Balaban J connectivity index is 1.61. The SMILES string of the molecule is O=C1CCCCC1CN1CCn2ccnc2C1. The van der Waals surface area contributed by atoms with Gasteiger partial charge in [-0.3, -0.25) is 9.69 Å². The van der Waals surface area contributed by atoms with Crippen molar-refractivity contribution >= 4 is 5.78 Å². The zero-order chi connectivity index (χ0) is 11.7. The minimum absolute atomic E-state index is 0.283. The van der Waals surface area contributed by atoms with Crippen molar-refractivity contribution in [3.05, 3.63) is 18.2 Å². The van der Waals surface area contributed by atoms with E-state index in [1.165, 1.54) is 6.42 Å². The molecule has 1 atom stereocenters. The molecule has 0 aromatic carbocycles. The Hall–Kier alpha value is -1.16. The van der Waals surface area contributed by atoms with Crippen molar-refractivity contribution in [3.8, 4) is 0 Å². The Bertz CT molecular complexity index is 413. The summed E-state index contributed by atoms with van der Waals surface area (Å²) in [5.74, 6) is 1.90. The molecule has 1 unspecified atom stereocenters. The Labute approximate surface area is 102 Å². The van der Waals surface area contributed by atoms with Crippen LogP contribution in [0.5, 0.6) is 0 Å². The number of hydrogen-bond donors (Lipinski definition) is 0. The van der Waals surface area contributed by atoms with Gasteiger partial charge in [-0.05, 0) is 12.8 Å². The van der Waals surface area contributed by atoms with E-state index < -0.39 is 0 Å². The number of imidazole rings is 1. The topological polar surface area (TPSA) is 38.1 Å². The maximum absolute atomic E-state index is 11.8. The Morgan fingerprint density at radius 2 is 2.29 bits per heavy atom. The first-order valence-corrected chi connectivity index (χ1v) is 6.58. The number of ketones is 1. The second-order valence-corrected chi connectivity index (χ2v) is 5.18. The summed E-state index contributed by atoms with van der Waals surface area (Å²) in [4.78, 5) is 18.6. The molecule has 0 bridgehead atoms. The summed E-state index contributed by atoms with van der Waals surface area (Å²) in [6, 6.07) is 0. The van der Waals surface area contributed by atoms with E-state index >= 15 is 0 Å². The Morgan fingerprint density at radius 3 is 3.18 bits per heavy atom. The van der Waals surface area contributed by atoms with Crippen LogP contribution in [0.25, 0.3) is 0 Å². The van der Waals surface area contributed by atoms with Gasteiger partial charge in [0.05, 0.1) is 6.54 Å². The van der Waals surface area contributed by atoms with Gasteiger partial charge in [0.15, 0.2) is 0 Å². The third kappa shape index (κ3) is 2.27. The van der Waals surface area contributed by atoms with E-state index in [0.717, 1.165) is 51.3 Å². The van der Waals surface area contributed by atoms with Crippen molar-refractivity contribution in [1.82, 2.24) is 14.5 Å². The lowest BCUT2D eigenvalue weighted by molar-refractivity contribution is -0.125. The van der Waals surface area contributed by atoms with E-state index in [1.807, 2.05) is 12.4 Å². The molecular formula is C13H19N3O. The molecule has 3 rings (SSSR count). The molecule has 1 aliphatic heterocycles. The fourth-order valence-electron chi connectivity index (χ4n) is 2.94. The molecule has 0 saturated heterocycles. The molecule has 2 aliphatic rings. The lowest BCUT2D eigenvalue weighted by Crippen LogP contribution is -2.39. The van der Waals surface area contributed by atoms with Gasteiger partial charge in [-0.1, -0.05) is 6.42 Å². The third-order valence-corrected chi connectivity index (χ3v) is 3.98. The molecule has 1 aliphatic carbocycles. The molecule has 2 heterocycles. The third-order valence-electron chi connectivity index (χ3n) is 3.98. The number of fused-ring (bicyclic) bond motifs is 1. The average molecular weight is 233 g/mol. The molecule has 0 radical (unpaired) electrons. The van der Waals surface area contributed by atoms with Crippen LogP contribution in [0.1, 0.15) is 31.5 Å². The van der Waals surface area contributed by atoms with Crippen molar-refractivity contribution in [2.75, 3.05) is 13.1 Å². The van der Waals surface area contributed by atoms with Gasteiger partial charge >= 0.3 is 0 Å². The summed E-state index contributed by atoms with van der Waals surface area (Å²) < 4.78 is 2.21.